The number of carbonyl (C=O) groups is 3. The number of carbonyl (C=O) groups excluding carboxylic acids is 3. The van der Waals surface area contributed by atoms with E-state index in [2.05, 4.69) is 78.1 Å². The van der Waals surface area contributed by atoms with Crippen LogP contribution in [-0.4, -0.2) is 63.0 Å². The number of benzene rings is 3. The van der Waals surface area contributed by atoms with Gasteiger partial charge in [-0.2, -0.15) is 10.4 Å². The van der Waals surface area contributed by atoms with Gasteiger partial charge in [-0.3, -0.25) is 24.4 Å². The zero-order chi connectivity index (χ0) is 37.8. The van der Waals surface area contributed by atoms with Crippen LogP contribution in [0.2, 0.25) is 5.02 Å². The first-order valence-electron chi connectivity index (χ1n) is 18.5. The lowest BCUT2D eigenvalue weighted by Crippen LogP contribution is -2.52. The number of piperidine rings is 2. The van der Waals surface area contributed by atoms with Crippen molar-refractivity contribution in [3.63, 3.8) is 0 Å². The van der Waals surface area contributed by atoms with Gasteiger partial charge in [-0.25, -0.2) is 0 Å². The van der Waals surface area contributed by atoms with E-state index in [1.807, 2.05) is 28.9 Å². The fraction of sp³-hybridized carbons (Fsp3) is 0.341. The molecule has 54 heavy (non-hydrogen) atoms. The van der Waals surface area contributed by atoms with Crippen molar-refractivity contribution in [2.45, 2.75) is 71.5 Å². The molecule has 4 aromatic rings. The summed E-state index contributed by atoms with van der Waals surface area (Å²) in [7, 11) is 0. The maximum absolute atomic E-state index is 13.1. The van der Waals surface area contributed by atoms with Crippen LogP contribution in [0.5, 0.6) is 0 Å². The molecule has 0 bridgehead atoms. The summed E-state index contributed by atoms with van der Waals surface area (Å²) in [5.41, 5.74) is 8.84. The third-order valence-corrected chi connectivity index (χ3v) is 11.0. The molecule has 272 valence electrons. The SMILES string of the molecule is Cc1c(-c2ccc(C#N)c(Cl)c2)nn(Cc2ccc(C#CC3CCN(CCCC#Cc4ccc5c(c4)C(=O)N(C4CCC(=O)NC4=O)C5)CC3)cc2)c1C. The fourth-order valence-corrected chi connectivity index (χ4v) is 7.58. The van der Waals surface area contributed by atoms with Crippen LogP contribution >= 0.6 is 11.6 Å². The summed E-state index contributed by atoms with van der Waals surface area (Å²) in [6.45, 7) is 8.21. The molecule has 1 atom stereocenters. The molecular weight excluding hydrogens is 696 g/mol. The van der Waals surface area contributed by atoms with Gasteiger partial charge >= 0.3 is 0 Å². The molecule has 0 radical (unpaired) electrons. The van der Waals surface area contributed by atoms with Gasteiger partial charge in [-0.05, 0) is 112 Å². The van der Waals surface area contributed by atoms with Gasteiger partial charge in [-0.15, -0.1) is 0 Å². The lowest BCUT2D eigenvalue weighted by atomic mass is 9.96. The van der Waals surface area contributed by atoms with Crippen molar-refractivity contribution < 1.29 is 14.4 Å². The number of fused-ring (bicyclic) bond motifs is 1. The van der Waals surface area contributed by atoms with E-state index in [-0.39, 0.29) is 18.2 Å². The predicted molar refractivity (Wildman–Crippen MR) is 207 cm³/mol. The summed E-state index contributed by atoms with van der Waals surface area (Å²) in [4.78, 5) is 41.0. The Hall–Kier alpha value is -5.66. The minimum Gasteiger partial charge on any atom is -0.322 e. The Morgan fingerprint density at radius 3 is 2.46 bits per heavy atom. The van der Waals surface area contributed by atoms with Gasteiger partial charge in [0.05, 0.1) is 22.8 Å². The molecule has 0 spiro atoms. The highest BCUT2D eigenvalue weighted by Crippen LogP contribution is 2.30. The number of nitrogens with zero attached hydrogens (tertiary/aromatic N) is 5. The van der Waals surface area contributed by atoms with E-state index in [1.165, 1.54) is 0 Å². The van der Waals surface area contributed by atoms with Gasteiger partial charge < -0.3 is 9.80 Å². The molecule has 3 amide bonds. The maximum atomic E-state index is 13.1. The molecule has 0 saturated carbocycles. The minimum atomic E-state index is -0.611. The number of unbranched alkanes of at least 4 members (excludes halogenated alkanes) is 1. The highest BCUT2D eigenvalue weighted by molar-refractivity contribution is 6.32. The standard InChI is InChI=1S/C44H41ClN6O3/c1-29-30(2)51(48-42(29)35-15-16-36(26-46)39(45)25-35)27-34-11-9-31(10-12-34)7-8-32-19-22-49(23-20-32)21-5-3-4-6-33-13-14-37-28-50(44(54)38(37)24-33)40-17-18-41(52)47-43(40)53/h9-16,24-25,32,40H,3,5,17-23,27-28H2,1-2H3,(H,47,52,53). The van der Waals surface area contributed by atoms with E-state index in [0.29, 0.717) is 41.6 Å². The first-order valence-corrected chi connectivity index (χ1v) is 18.9. The second-order valence-electron chi connectivity index (χ2n) is 14.3. The average Bonchev–Trinajstić information content (AvgIpc) is 3.65. The van der Waals surface area contributed by atoms with Gasteiger partial charge in [0.15, 0.2) is 0 Å². The van der Waals surface area contributed by atoms with Crippen LogP contribution in [0.25, 0.3) is 11.3 Å². The molecule has 2 fully saturated rings. The Kier molecular flexibility index (Phi) is 11.0. The second-order valence-corrected chi connectivity index (χ2v) is 14.7. The Morgan fingerprint density at radius 2 is 1.72 bits per heavy atom. The van der Waals surface area contributed by atoms with Crippen LogP contribution < -0.4 is 5.32 Å². The normalized spacial score (nSPS) is 17.3. The van der Waals surface area contributed by atoms with Crippen molar-refractivity contribution in [1.29, 1.82) is 5.26 Å². The molecule has 3 aliphatic rings. The van der Waals surface area contributed by atoms with E-state index in [4.69, 9.17) is 16.7 Å². The summed E-state index contributed by atoms with van der Waals surface area (Å²) in [6, 6.07) is 21.0. The van der Waals surface area contributed by atoms with Crippen LogP contribution in [0, 0.1) is 54.8 Å². The number of nitriles is 1. The molecule has 1 aromatic heterocycles. The van der Waals surface area contributed by atoms with E-state index >= 15 is 0 Å². The van der Waals surface area contributed by atoms with Crippen molar-refractivity contribution in [2.24, 2.45) is 5.92 Å². The third-order valence-electron chi connectivity index (χ3n) is 10.7. The number of halogens is 1. The Morgan fingerprint density at radius 1 is 0.944 bits per heavy atom. The topological polar surface area (TPSA) is 111 Å². The molecule has 3 aromatic carbocycles. The lowest BCUT2D eigenvalue weighted by molar-refractivity contribution is -0.136. The molecule has 9 nitrogen and oxygen atoms in total. The molecule has 0 aliphatic carbocycles. The average molecular weight is 737 g/mol. The van der Waals surface area contributed by atoms with Crippen LogP contribution in [-0.2, 0) is 22.7 Å². The van der Waals surface area contributed by atoms with Crippen molar-refractivity contribution >= 4 is 29.3 Å². The number of likely N-dealkylation sites (tertiary alicyclic amines) is 1. The van der Waals surface area contributed by atoms with Crippen LogP contribution in [0.4, 0.5) is 0 Å². The first-order chi connectivity index (χ1) is 26.2. The van der Waals surface area contributed by atoms with Gasteiger partial charge in [-0.1, -0.05) is 59.5 Å². The summed E-state index contributed by atoms with van der Waals surface area (Å²) in [6.07, 6.45) is 4.46. The monoisotopic (exact) mass is 736 g/mol. The Balaban J connectivity index is 0.844. The van der Waals surface area contributed by atoms with Crippen LogP contribution in [0.15, 0.2) is 60.7 Å². The summed E-state index contributed by atoms with van der Waals surface area (Å²) < 4.78 is 2.01. The molecular formula is C44H41ClN6O3. The minimum absolute atomic E-state index is 0.177. The summed E-state index contributed by atoms with van der Waals surface area (Å²) in [5.74, 6) is 12.9. The van der Waals surface area contributed by atoms with Crippen molar-refractivity contribution in [3.05, 3.63) is 110 Å². The van der Waals surface area contributed by atoms with Gasteiger partial charge in [0, 0.05) is 53.3 Å². The Bertz CT molecular complexity index is 2290. The number of hydrogen-bond acceptors (Lipinski definition) is 6. The fourth-order valence-electron chi connectivity index (χ4n) is 7.36. The smallest absolute Gasteiger partial charge is 0.255 e. The van der Waals surface area contributed by atoms with E-state index in [0.717, 1.165) is 90.1 Å². The number of imide groups is 1. The van der Waals surface area contributed by atoms with Crippen LogP contribution in [0.1, 0.15) is 88.0 Å². The number of nitrogens with one attached hydrogen (secondary N) is 1. The summed E-state index contributed by atoms with van der Waals surface area (Å²) >= 11 is 6.29. The molecule has 3 aliphatic heterocycles. The number of aromatic nitrogens is 2. The van der Waals surface area contributed by atoms with E-state index in [1.54, 1.807) is 17.0 Å². The van der Waals surface area contributed by atoms with E-state index in [9.17, 15) is 19.6 Å². The predicted octanol–water partition coefficient (Wildman–Crippen LogP) is 6.40. The van der Waals surface area contributed by atoms with Gasteiger partial charge in [0.2, 0.25) is 11.8 Å². The highest BCUT2D eigenvalue weighted by Gasteiger charge is 2.39. The quantitative estimate of drug-likeness (QED) is 0.134. The second kappa shape index (κ2) is 16.1. The molecule has 4 heterocycles. The number of rotatable bonds is 7. The molecule has 2 saturated heterocycles. The number of hydrogen-bond donors (Lipinski definition) is 1. The van der Waals surface area contributed by atoms with Crippen molar-refractivity contribution in [1.82, 2.24) is 24.9 Å². The maximum Gasteiger partial charge on any atom is 0.255 e. The van der Waals surface area contributed by atoms with Crippen molar-refractivity contribution in [3.8, 4) is 41.0 Å². The molecule has 1 N–H and O–H groups in total. The molecule has 7 rings (SSSR count). The zero-order valence-electron chi connectivity index (χ0n) is 30.5. The summed E-state index contributed by atoms with van der Waals surface area (Å²) in [5, 5.41) is 16.9. The van der Waals surface area contributed by atoms with Crippen LogP contribution in [0.3, 0.4) is 0 Å². The first kappa shape index (κ1) is 36.7. The highest BCUT2D eigenvalue weighted by atomic mass is 35.5. The molecule has 1 unspecified atom stereocenters. The third kappa shape index (κ3) is 8.12. The zero-order valence-corrected chi connectivity index (χ0v) is 31.3. The largest absolute Gasteiger partial charge is 0.322 e. The number of amides is 3. The van der Waals surface area contributed by atoms with Crippen molar-refractivity contribution in [2.75, 3.05) is 19.6 Å². The lowest BCUT2D eigenvalue weighted by Gasteiger charge is -2.29. The van der Waals surface area contributed by atoms with Gasteiger partial charge in [0.25, 0.3) is 5.91 Å². The Labute approximate surface area is 321 Å². The van der Waals surface area contributed by atoms with E-state index < -0.39 is 11.9 Å². The molecule has 10 heteroatoms. The van der Waals surface area contributed by atoms with Gasteiger partial charge in [0.1, 0.15) is 12.1 Å².